The fourth-order valence-corrected chi connectivity index (χ4v) is 2.18. The highest BCUT2D eigenvalue weighted by Crippen LogP contribution is 2.24. The van der Waals surface area contributed by atoms with Gasteiger partial charge in [0.1, 0.15) is 11.6 Å². The van der Waals surface area contributed by atoms with Gasteiger partial charge in [0.2, 0.25) is 0 Å². The van der Waals surface area contributed by atoms with Gasteiger partial charge >= 0.3 is 0 Å². The number of nitrogens with one attached hydrogen (secondary N) is 1. The second kappa shape index (κ2) is 6.38. The van der Waals surface area contributed by atoms with Crippen molar-refractivity contribution in [3.8, 4) is 17.0 Å². The molecule has 0 fully saturated rings. The number of methoxy groups -OCH3 is 1. The molecule has 102 valence electrons. The Labute approximate surface area is 114 Å². The normalized spacial score (nSPS) is 12.4. The van der Waals surface area contributed by atoms with Gasteiger partial charge in [-0.3, -0.25) is 0 Å². The van der Waals surface area contributed by atoms with Crippen LogP contribution in [0.3, 0.4) is 0 Å². The summed E-state index contributed by atoms with van der Waals surface area (Å²) in [6.45, 7) is 2.79. The Kier molecular flexibility index (Phi) is 4.58. The predicted octanol–water partition coefficient (Wildman–Crippen LogP) is 2.93. The van der Waals surface area contributed by atoms with Gasteiger partial charge in [-0.2, -0.15) is 0 Å². The molecule has 2 aromatic rings. The van der Waals surface area contributed by atoms with Crippen LogP contribution >= 0.6 is 0 Å². The fraction of sp³-hybridized carbons (Fsp3) is 0.400. The zero-order chi connectivity index (χ0) is 13.7. The van der Waals surface area contributed by atoms with Crippen LogP contribution in [0, 0.1) is 0 Å². The van der Waals surface area contributed by atoms with E-state index in [0.29, 0.717) is 12.5 Å². The minimum atomic E-state index is 0.317. The summed E-state index contributed by atoms with van der Waals surface area (Å²) in [6.07, 6.45) is 4.04. The van der Waals surface area contributed by atoms with E-state index >= 15 is 0 Å². The molecular weight excluding hydrogens is 238 g/mol. The number of ether oxygens (including phenoxy) is 1. The number of nitrogens with zero attached hydrogens (tertiary/aromatic N) is 1. The summed E-state index contributed by atoms with van der Waals surface area (Å²) in [5.41, 5.74) is 7.92. The topological polar surface area (TPSA) is 63.9 Å². The second-order valence-corrected chi connectivity index (χ2v) is 4.63. The van der Waals surface area contributed by atoms with Crippen molar-refractivity contribution in [1.82, 2.24) is 9.97 Å². The lowest BCUT2D eigenvalue weighted by molar-refractivity contribution is 0.415. The van der Waals surface area contributed by atoms with E-state index in [1.807, 2.05) is 30.5 Å². The van der Waals surface area contributed by atoms with Gasteiger partial charge in [0.05, 0.1) is 19.0 Å². The van der Waals surface area contributed by atoms with Crippen molar-refractivity contribution < 1.29 is 4.74 Å². The number of rotatable bonds is 6. The van der Waals surface area contributed by atoms with Crippen molar-refractivity contribution in [2.45, 2.75) is 25.7 Å². The first-order chi connectivity index (χ1) is 9.28. The molecule has 0 aliphatic rings. The molecule has 0 radical (unpaired) electrons. The standard InChI is InChI=1S/C15H21N3O/c1-3-4-12(9-16)15-17-10-14(18-15)11-5-7-13(19-2)8-6-11/h5-8,10,12H,3-4,9,16H2,1-2H3,(H,17,18). The monoisotopic (exact) mass is 259 g/mol. The van der Waals surface area contributed by atoms with Crippen molar-refractivity contribution >= 4 is 0 Å². The molecule has 1 heterocycles. The highest BCUT2D eigenvalue weighted by molar-refractivity contribution is 5.59. The highest BCUT2D eigenvalue weighted by atomic mass is 16.5. The van der Waals surface area contributed by atoms with Gasteiger partial charge in [0.25, 0.3) is 0 Å². The number of hydrogen-bond acceptors (Lipinski definition) is 3. The van der Waals surface area contributed by atoms with Crippen LogP contribution in [-0.4, -0.2) is 23.6 Å². The Bertz CT molecular complexity index is 504. The van der Waals surface area contributed by atoms with E-state index in [4.69, 9.17) is 10.5 Å². The van der Waals surface area contributed by atoms with Gasteiger partial charge < -0.3 is 15.5 Å². The van der Waals surface area contributed by atoms with Gasteiger partial charge in [0.15, 0.2) is 0 Å². The summed E-state index contributed by atoms with van der Waals surface area (Å²) in [4.78, 5) is 7.83. The Morgan fingerprint density at radius 3 is 2.63 bits per heavy atom. The van der Waals surface area contributed by atoms with Crippen LogP contribution in [0.2, 0.25) is 0 Å². The molecule has 0 amide bonds. The largest absolute Gasteiger partial charge is 0.497 e. The zero-order valence-corrected chi connectivity index (χ0v) is 11.5. The second-order valence-electron chi connectivity index (χ2n) is 4.63. The molecule has 0 aliphatic heterocycles. The third-order valence-corrected chi connectivity index (χ3v) is 3.30. The molecule has 1 unspecified atom stereocenters. The van der Waals surface area contributed by atoms with Crippen LogP contribution in [0.15, 0.2) is 30.5 Å². The lowest BCUT2D eigenvalue weighted by atomic mass is 10.0. The van der Waals surface area contributed by atoms with Gasteiger partial charge in [-0.05, 0) is 36.2 Å². The van der Waals surface area contributed by atoms with Crippen LogP contribution in [0.25, 0.3) is 11.3 Å². The van der Waals surface area contributed by atoms with Crippen LogP contribution in [0.5, 0.6) is 5.75 Å². The van der Waals surface area contributed by atoms with Crippen molar-refractivity contribution in [3.05, 3.63) is 36.3 Å². The average molecular weight is 259 g/mol. The lowest BCUT2D eigenvalue weighted by Gasteiger charge is -2.10. The molecule has 4 nitrogen and oxygen atoms in total. The van der Waals surface area contributed by atoms with E-state index in [-0.39, 0.29) is 0 Å². The number of imidazole rings is 1. The highest BCUT2D eigenvalue weighted by Gasteiger charge is 2.13. The lowest BCUT2D eigenvalue weighted by Crippen LogP contribution is -2.13. The molecule has 19 heavy (non-hydrogen) atoms. The van der Waals surface area contributed by atoms with Gasteiger partial charge in [-0.1, -0.05) is 13.3 Å². The molecule has 1 aromatic heterocycles. The third kappa shape index (κ3) is 3.15. The van der Waals surface area contributed by atoms with Crippen molar-refractivity contribution in [2.75, 3.05) is 13.7 Å². The number of H-pyrrole nitrogens is 1. The third-order valence-electron chi connectivity index (χ3n) is 3.30. The molecule has 2 rings (SSSR count). The first-order valence-corrected chi connectivity index (χ1v) is 6.67. The van der Waals surface area contributed by atoms with E-state index in [9.17, 15) is 0 Å². The van der Waals surface area contributed by atoms with Crippen molar-refractivity contribution in [1.29, 1.82) is 0 Å². The molecule has 0 spiro atoms. The van der Waals surface area contributed by atoms with E-state index < -0.39 is 0 Å². The van der Waals surface area contributed by atoms with E-state index in [0.717, 1.165) is 35.7 Å². The summed E-state index contributed by atoms with van der Waals surface area (Å²) >= 11 is 0. The molecule has 4 heteroatoms. The average Bonchev–Trinajstić information content (AvgIpc) is 2.94. The van der Waals surface area contributed by atoms with Crippen molar-refractivity contribution in [3.63, 3.8) is 0 Å². The fourth-order valence-electron chi connectivity index (χ4n) is 2.18. The summed E-state index contributed by atoms with van der Waals surface area (Å²) in [6, 6.07) is 7.94. The smallest absolute Gasteiger partial charge is 0.118 e. The molecular formula is C15H21N3O. The van der Waals surface area contributed by atoms with Gasteiger partial charge in [0, 0.05) is 12.5 Å². The number of aromatic amines is 1. The van der Waals surface area contributed by atoms with E-state index in [1.54, 1.807) is 7.11 Å². The van der Waals surface area contributed by atoms with E-state index in [2.05, 4.69) is 16.9 Å². The predicted molar refractivity (Wildman–Crippen MR) is 77.3 cm³/mol. The maximum Gasteiger partial charge on any atom is 0.118 e. The maximum atomic E-state index is 5.80. The first kappa shape index (κ1) is 13.6. The van der Waals surface area contributed by atoms with Crippen LogP contribution in [-0.2, 0) is 0 Å². The van der Waals surface area contributed by atoms with Gasteiger partial charge in [-0.15, -0.1) is 0 Å². The minimum absolute atomic E-state index is 0.317. The molecule has 0 saturated heterocycles. The maximum absolute atomic E-state index is 5.80. The SMILES string of the molecule is CCCC(CN)c1ncc(-c2ccc(OC)cc2)[nH]1. The summed E-state index contributed by atoms with van der Waals surface area (Å²) in [5.74, 6) is 2.15. The summed E-state index contributed by atoms with van der Waals surface area (Å²) in [5, 5.41) is 0. The van der Waals surface area contributed by atoms with Gasteiger partial charge in [-0.25, -0.2) is 4.98 Å². The Balaban J connectivity index is 2.19. The Morgan fingerprint density at radius 1 is 1.32 bits per heavy atom. The molecule has 0 bridgehead atoms. The van der Waals surface area contributed by atoms with Crippen LogP contribution < -0.4 is 10.5 Å². The summed E-state index contributed by atoms with van der Waals surface area (Å²) in [7, 11) is 1.67. The zero-order valence-electron chi connectivity index (χ0n) is 11.5. The Hall–Kier alpha value is -1.81. The number of benzene rings is 1. The number of hydrogen-bond donors (Lipinski definition) is 2. The molecule has 1 aromatic carbocycles. The molecule has 3 N–H and O–H groups in total. The Morgan fingerprint density at radius 2 is 2.05 bits per heavy atom. The molecule has 0 aliphatic carbocycles. The van der Waals surface area contributed by atoms with Crippen molar-refractivity contribution in [2.24, 2.45) is 5.73 Å². The number of nitrogens with two attached hydrogens (primary N) is 1. The number of aromatic nitrogens is 2. The molecule has 1 atom stereocenters. The van der Waals surface area contributed by atoms with Crippen LogP contribution in [0.4, 0.5) is 0 Å². The molecule has 0 saturated carbocycles. The quantitative estimate of drug-likeness (QED) is 0.838. The van der Waals surface area contributed by atoms with E-state index in [1.165, 1.54) is 0 Å². The minimum Gasteiger partial charge on any atom is -0.497 e. The summed E-state index contributed by atoms with van der Waals surface area (Å²) < 4.78 is 5.16. The first-order valence-electron chi connectivity index (χ1n) is 6.67. The van der Waals surface area contributed by atoms with Crippen LogP contribution in [0.1, 0.15) is 31.5 Å².